The number of nitro groups is 1. The summed E-state index contributed by atoms with van der Waals surface area (Å²) in [6.45, 7) is 0.0747. The molecule has 1 heterocycles. The van der Waals surface area contributed by atoms with Crippen LogP contribution in [-0.4, -0.2) is 27.9 Å². The highest BCUT2D eigenvalue weighted by atomic mass is 79.9. The molecule has 0 atom stereocenters. The maximum Gasteiger partial charge on any atom is 0.282 e. The second-order valence-electron chi connectivity index (χ2n) is 9.43. The van der Waals surface area contributed by atoms with Crippen LogP contribution in [0.4, 0.5) is 5.69 Å². The molecule has 9 nitrogen and oxygen atoms in total. The molecular formula is C29H27BrN4O5. The van der Waals surface area contributed by atoms with Crippen LogP contribution in [-0.2, 0) is 6.61 Å². The number of benzene rings is 3. The van der Waals surface area contributed by atoms with Crippen LogP contribution < -0.4 is 15.0 Å². The van der Waals surface area contributed by atoms with Gasteiger partial charge in [-0.25, -0.2) is 4.98 Å². The Labute approximate surface area is 233 Å². The van der Waals surface area contributed by atoms with Crippen LogP contribution in [0.1, 0.15) is 55.0 Å². The summed E-state index contributed by atoms with van der Waals surface area (Å²) in [7, 11) is 1.53. The number of hydrogen-bond donors (Lipinski definition) is 0. The van der Waals surface area contributed by atoms with E-state index < -0.39 is 4.92 Å². The number of halogens is 1. The van der Waals surface area contributed by atoms with Gasteiger partial charge in [-0.3, -0.25) is 14.9 Å². The normalized spacial score (nSPS) is 14.1. The van der Waals surface area contributed by atoms with E-state index in [9.17, 15) is 14.9 Å². The summed E-state index contributed by atoms with van der Waals surface area (Å²) in [6.07, 6.45) is 6.86. The number of fused-ring (bicyclic) bond motifs is 1. The number of nitrogens with zero attached hydrogens (tertiary/aromatic N) is 4. The molecule has 39 heavy (non-hydrogen) atoms. The molecule has 0 saturated heterocycles. The molecule has 1 aliphatic carbocycles. The largest absolute Gasteiger partial charge is 0.493 e. The van der Waals surface area contributed by atoms with Crippen molar-refractivity contribution >= 4 is 38.7 Å². The van der Waals surface area contributed by atoms with Gasteiger partial charge in [-0.1, -0.05) is 59.5 Å². The fourth-order valence-electron chi connectivity index (χ4n) is 4.90. The summed E-state index contributed by atoms with van der Waals surface area (Å²) >= 11 is 3.51. The Bertz CT molecular complexity index is 1610. The first-order chi connectivity index (χ1) is 18.9. The molecule has 0 radical (unpaired) electrons. The first kappa shape index (κ1) is 26.6. The molecule has 10 heteroatoms. The maximum absolute atomic E-state index is 13.6. The van der Waals surface area contributed by atoms with Crippen molar-refractivity contribution in [2.24, 2.45) is 5.10 Å². The van der Waals surface area contributed by atoms with Crippen molar-refractivity contribution in [2.75, 3.05) is 7.11 Å². The fraction of sp³-hybridized carbons (Fsp3) is 0.276. The van der Waals surface area contributed by atoms with Crippen molar-refractivity contribution in [3.63, 3.8) is 0 Å². The third-order valence-electron chi connectivity index (χ3n) is 6.83. The summed E-state index contributed by atoms with van der Waals surface area (Å²) in [4.78, 5) is 29.2. The second kappa shape index (κ2) is 11.8. The summed E-state index contributed by atoms with van der Waals surface area (Å²) in [6, 6.07) is 17.2. The minimum Gasteiger partial charge on any atom is -0.493 e. The summed E-state index contributed by atoms with van der Waals surface area (Å²) in [5.41, 5.74) is 1.63. The molecule has 1 aliphatic rings. The van der Waals surface area contributed by atoms with Crippen molar-refractivity contribution in [1.29, 1.82) is 0 Å². The minimum atomic E-state index is -0.443. The Hall–Kier alpha value is -4.05. The molecule has 3 aromatic carbocycles. The summed E-state index contributed by atoms with van der Waals surface area (Å²) in [5, 5.41) is 16.3. The molecule has 0 unspecified atom stereocenters. The van der Waals surface area contributed by atoms with E-state index in [1.54, 1.807) is 30.5 Å². The Morgan fingerprint density at radius 2 is 1.92 bits per heavy atom. The van der Waals surface area contributed by atoms with Crippen LogP contribution in [0.2, 0.25) is 0 Å². The summed E-state index contributed by atoms with van der Waals surface area (Å²) < 4.78 is 13.8. The van der Waals surface area contributed by atoms with Crippen molar-refractivity contribution < 1.29 is 14.4 Å². The van der Waals surface area contributed by atoms with E-state index in [1.165, 1.54) is 30.3 Å². The van der Waals surface area contributed by atoms with Gasteiger partial charge in [0.1, 0.15) is 12.4 Å². The predicted octanol–water partition coefficient (Wildman–Crippen LogP) is 6.58. The lowest BCUT2D eigenvalue weighted by molar-refractivity contribution is -0.384. The molecule has 0 amide bonds. The minimum absolute atomic E-state index is 0.0147. The zero-order valence-corrected chi connectivity index (χ0v) is 23.0. The summed E-state index contributed by atoms with van der Waals surface area (Å²) in [5.74, 6) is 1.66. The molecule has 1 fully saturated rings. The number of nitro benzene ring substituents is 1. The van der Waals surface area contributed by atoms with Gasteiger partial charge in [-0.2, -0.15) is 9.78 Å². The fourth-order valence-corrected chi connectivity index (χ4v) is 5.36. The number of rotatable bonds is 8. The topological polar surface area (TPSA) is 109 Å². The van der Waals surface area contributed by atoms with Crippen LogP contribution in [0.3, 0.4) is 0 Å². The number of aromatic nitrogens is 2. The number of methoxy groups -OCH3 is 1. The van der Waals surface area contributed by atoms with E-state index in [0.29, 0.717) is 39.4 Å². The van der Waals surface area contributed by atoms with Crippen molar-refractivity contribution in [2.45, 2.75) is 44.6 Å². The SMILES string of the molecule is COc1cc(Br)cc(C=Nn2c(C3CCCCC3)nc3ccccc3c2=O)c1OCc1cccc([N+](=O)[O-])c1. The molecule has 0 spiro atoms. The highest BCUT2D eigenvalue weighted by molar-refractivity contribution is 9.10. The zero-order chi connectivity index (χ0) is 27.4. The van der Waals surface area contributed by atoms with Crippen LogP contribution in [0.5, 0.6) is 11.5 Å². The molecule has 0 aliphatic heterocycles. The van der Waals surface area contributed by atoms with E-state index in [4.69, 9.17) is 14.5 Å². The molecule has 4 aromatic rings. The number of para-hydroxylation sites is 1. The lowest BCUT2D eigenvalue weighted by atomic mass is 9.88. The lowest BCUT2D eigenvalue weighted by Crippen LogP contribution is -2.25. The standard InChI is InChI=1S/C29H27BrN4O5/c1-38-26-16-22(30)15-21(27(26)39-18-19-8-7-11-23(14-19)34(36)37)17-31-33-28(20-9-3-2-4-10-20)32-25-13-6-5-12-24(25)29(33)35/h5-8,11-17,20H,2-4,9-10,18H2,1H3. The predicted molar refractivity (Wildman–Crippen MR) is 153 cm³/mol. The molecule has 1 aromatic heterocycles. The molecule has 0 N–H and O–H groups in total. The lowest BCUT2D eigenvalue weighted by Gasteiger charge is -2.22. The smallest absolute Gasteiger partial charge is 0.282 e. The van der Waals surface area contributed by atoms with E-state index in [-0.39, 0.29) is 23.8 Å². The molecule has 1 saturated carbocycles. The van der Waals surface area contributed by atoms with Gasteiger partial charge in [0.15, 0.2) is 11.5 Å². The first-order valence-corrected chi connectivity index (χ1v) is 13.5. The molecule has 5 rings (SSSR count). The monoisotopic (exact) mass is 590 g/mol. The van der Waals surface area contributed by atoms with Gasteiger partial charge in [0.2, 0.25) is 0 Å². The van der Waals surface area contributed by atoms with Crippen LogP contribution in [0.25, 0.3) is 10.9 Å². The van der Waals surface area contributed by atoms with Crippen LogP contribution >= 0.6 is 15.9 Å². The number of hydrogen-bond acceptors (Lipinski definition) is 7. The molecule has 200 valence electrons. The number of non-ortho nitro benzene ring substituents is 1. The van der Waals surface area contributed by atoms with Crippen LogP contribution in [0.15, 0.2) is 75.0 Å². The Morgan fingerprint density at radius 3 is 2.69 bits per heavy atom. The zero-order valence-electron chi connectivity index (χ0n) is 21.4. The van der Waals surface area contributed by atoms with E-state index in [1.807, 2.05) is 24.3 Å². The highest BCUT2D eigenvalue weighted by Crippen LogP contribution is 2.35. The second-order valence-corrected chi connectivity index (χ2v) is 10.3. The first-order valence-electron chi connectivity index (χ1n) is 12.7. The van der Waals surface area contributed by atoms with Gasteiger partial charge >= 0.3 is 0 Å². The third-order valence-corrected chi connectivity index (χ3v) is 7.29. The maximum atomic E-state index is 13.6. The number of ether oxygens (including phenoxy) is 2. The Kier molecular flexibility index (Phi) is 8.02. The quantitative estimate of drug-likeness (QED) is 0.130. The van der Waals surface area contributed by atoms with E-state index in [0.717, 1.165) is 30.2 Å². The molecular weight excluding hydrogens is 564 g/mol. The van der Waals surface area contributed by atoms with Crippen molar-refractivity contribution in [3.8, 4) is 11.5 Å². The van der Waals surface area contributed by atoms with Gasteiger partial charge in [-0.15, -0.1) is 0 Å². The van der Waals surface area contributed by atoms with E-state index >= 15 is 0 Å². The van der Waals surface area contributed by atoms with E-state index in [2.05, 4.69) is 21.0 Å². The average Bonchev–Trinajstić information content (AvgIpc) is 2.96. The van der Waals surface area contributed by atoms with Gasteiger partial charge in [0.05, 0.1) is 29.2 Å². The Morgan fingerprint density at radius 1 is 1.13 bits per heavy atom. The van der Waals surface area contributed by atoms with Gasteiger partial charge < -0.3 is 9.47 Å². The van der Waals surface area contributed by atoms with Gasteiger partial charge in [0, 0.05) is 28.1 Å². The third kappa shape index (κ3) is 5.85. The highest BCUT2D eigenvalue weighted by Gasteiger charge is 2.22. The van der Waals surface area contributed by atoms with Crippen molar-refractivity contribution in [1.82, 2.24) is 9.66 Å². The average molecular weight is 591 g/mol. The Balaban J connectivity index is 1.55. The van der Waals surface area contributed by atoms with Gasteiger partial charge in [-0.05, 0) is 42.7 Å². The van der Waals surface area contributed by atoms with Gasteiger partial charge in [0.25, 0.3) is 11.2 Å². The van der Waals surface area contributed by atoms with Crippen molar-refractivity contribution in [3.05, 3.63) is 103 Å². The van der Waals surface area contributed by atoms with Crippen LogP contribution in [0, 0.1) is 10.1 Å². The molecule has 0 bridgehead atoms.